The summed E-state index contributed by atoms with van der Waals surface area (Å²) in [4.78, 5) is 12.6. The fourth-order valence-electron chi connectivity index (χ4n) is 2.37. The summed E-state index contributed by atoms with van der Waals surface area (Å²) < 4.78 is 5.71. The molecule has 0 amide bonds. The first-order chi connectivity index (χ1) is 9.45. The molecule has 1 fully saturated rings. The number of non-ortho nitro benzene ring substituents is 1. The first-order valence-corrected chi connectivity index (χ1v) is 6.80. The second kappa shape index (κ2) is 6.19. The third-order valence-corrected chi connectivity index (χ3v) is 3.26. The molecular formula is C14H20N2O4. The van der Waals surface area contributed by atoms with Crippen LogP contribution in [0, 0.1) is 10.1 Å². The summed E-state index contributed by atoms with van der Waals surface area (Å²) in [5.74, 6) is 0.673. The first-order valence-electron chi connectivity index (χ1n) is 6.80. The lowest BCUT2D eigenvalue weighted by Crippen LogP contribution is -2.22. The molecule has 1 aromatic carbocycles. The van der Waals surface area contributed by atoms with E-state index in [-0.39, 0.29) is 17.9 Å². The zero-order valence-corrected chi connectivity index (χ0v) is 11.8. The van der Waals surface area contributed by atoms with Gasteiger partial charge in [0, 0.05) is 37.3 Å². The largest absolute Gasteiger partial charge is 0.491 e. The van der Waals surface area contributed by atoms with Crippen LogP contribution in [0.5, 0.6) is 5.75 Å². The Balaban J connectivity index is 2.21. The Labute approximate surface area is 118 Å². The smallest absolute Gasteiger partial charge is 0.270 e. The van der Waals surface area contributed by atoms with Crippen molar-refractivity contribution in [1.29, 1.82) is 0 Å². The Kier molecular flexibility index (Phi) is 4.57. The van der Waals surface area contributed by atoms with Crippen LogP contribution in [0.3, 0.4) is 0 Å². The predicted molar refractivity (Wildman–Crippen MR) is 74.8 cm³/mol. The van der Waals surface area contributed by atoms with Gasteiger partial charge in [0.25, 0.3) is 5.69 Å². The summed E-state index contributed by atoms with van der Waals surface area (Å²) in [6.07, 6.45) is 0.456. The number of rotatable bonds is 5. The highest BCUT2D eigenvalue weighted by Gasteiger charge is 2.22. The van der Waals surface area contributed by atoms with Gasteiger partial charge >= 0.3 is 0 Å². The van der Waals surface area contributed by atoms with Crippen LogP contribution in [0.2, 0.25) is 0 Å². The van der Waals surface area contributed by atoms with Crippen LogP contribution in [0.4, 0.5) is 5.69 Å². The predicted octanol–water partition coefficient (Wildman–Crippen LogP) is 1.95. The average molecular weight is 280 g/mol. The number of nitro benzene ring substituents is 1. The van der Waals surface area contributed by atoms with Crippen molar-refractivity contribution in [3.05, 3.63) is 33.9 Å². The van der Waals surface area contributed by atoms with E-state index in [0.29, 0.717) is 18.8 Å². The van der Waals surface area contributed by atoms with Crippen LogP contribution in [0.1, 0.15) is 25.8 Å². The average Bonchev–Trinajstić information content (AvgIpc) is 2.76. The summed E-state index contributed by atoms with van der Waals surface area (Å²) in [5, 5.41) is 20.4. The van der Waals surface area contributed by atoms with Crippen molar-refractivity contribution in [3.63, 3.8) is 0 Å². The third-order valence-electron chi connectivity index (χ3n) is 3.26. The molecule has 0 radical (unpaired) electrons. The lowest BCUT2D eigenvalue weighted by Gasteiger charge is -2.19. The number of aliphatic hydroxyl groups excluding tert-OH is 1. The van der Waals surface area contributed by atoms with Crippen LogP contribution in [-0.2, 0) is 6.54 Å². The summed E-state index contributed by atoms with van der Waals surface area (Å²) in [6.45, 7) is 5.80. The molecule has 1 aliphatic heterocycles. The molecule has 0 spiro atoms. The van der Waals surface area contributed by atoms with Gasteiger partial charge in [-0.15, -0.1) is 0 Å². The van der Waals surface area contributed by atoms with E-state index in [0.717, 1.165) is 18.5 Å². The molecule has 0 aliphatic carbocycles. The highest BCUT2D eigenvalue weighted by molar-refractivity contribution is 5.44. The Bertz CT molecular complexity index is 490. The fraction of sp³-hybridized carbons (Fsp3) is 0.571. The number of likely N-dealkylation sites (tertiary alicyclic amines) is 1. The number of benzene rings is 1. The number of aliphatic hydroxyl groups is 1. The Morgan fingerprint density at radius 2 is 2.30 bits per heavy atom. The second-order valence-electron chi connectivity index (χ2n) is 5.39. The van der Waals surface area contributed by atoms with E-state index in [2.05, 4.69) is 4.90 Å². The van der Waals surface area contributed by atoms with Crippen LogP contribution >= 0.6 is 0 Å². The second-order valence-corrected chi connectivity index (χ2v) is 5.39. The zero-order chi connectivity index (χ0) is 14.7. The minimum absolute atomic E-state index is 0.0133. The molecule has 0 saturated carbocycles. The molecule has 110 valence electrons. The van der Waals surface area contributed by atoms with E-state index < -0.39 is 4.92 Å². The Morgan fingerprint density at radius 3 is 2.85 bits per heavy atom. The van der Waals surface area contributed by atoms with Gasteiger partial charge in [-0.1, -0.05) is 0 Å². The third kappa shape index (κ3) is 3.68. The topological polar surface area (TPSA) is 75.8 Å². The van der Waals surface area contributed by atoms with E-state index >= 15 is 0 Å². The van der Waals surface area contributed by atoms with Gasteiger partial charge in [0.1, 0.15) is 5.75 Å². The van der Waals surface area contributed by atoms with Crippen molar-refractivity contribution in [2.45, 2.75) is 39.0 Å². The fourth-order valence-corrected chi connectivity index (χ4v) is 2.37. The van der Waals surface area contributed by atoms with Gasteiger partial charge < -0.3 is 9.84 Å². The molecule has 0 bridgehead atoms. The highest BCUT2D eigenvalue weighted by Crippen LogP contribution is 2.27. The van der Waals surface area contributed by atoms with Gasteiger partial charge in [-0.3, -0.25) is 15.0 Å². The van der Waals surface area contributed by atoms with Gasteiger partial charge in [-0.25, -0.2) is 0 Å². The number of nitrogens with zero attached hydrogens (tertiary/aromatic N) is 2. The van der Waals surface area contributed by atoms with E-state index in [9.17, 15) is 15.2 Å². The van der Waals surface area contributed by atoms with E-state index in [1.165, 1.54) is 6.07 Å². The molecule has 20 heavy (non-hydrogen) atoms. The van der Waals surface area contributed by atoms with Crippen LogP contribution in [0.25, 0.3) is 0 Å². The Morgan fingerprint density at radius 1 is 1.55 bits per heavy atom. The van der Waals surface area contributed by atoms with Gasteiger partial charge in [0.15, 0.2) is 0 Å². The summed E-state index contributed by atoms with van der Waals surface area (Å²) >= 11 is 0. The summed E-state index contributed by atoms with van der Waals surface area (Å²) in [5.41, 5.74) is 0.859. The van der Waals surface area contributed by atoms with Crippen molar-refractivity contribution < 1.29 is 14.8 Å². The zero-order valence-electron chi connectivity index (χ0n) is 11.8. The number of hydrogen-bond acceptors (Lipinski definition) is 5. The quantitative estimate of drug-likeness (QED) is 0.659. The summed E-state index contributed by atoms with van der Waals surface area (Å²) in [7, 11) is 0. The summed E-state index contributed by atoms with van der Waals surface area (Å²) in [6, 6.07) is 4.67. The number of nitro groups is 1. The van der Waals surface area contributed by atoms with Crippen molar-refractivity contribution in [2.75, 3.05) is 13.1 Å². The lowest BCUT2D eigenvalue weighted by atomic mass is 10.1. The number of β-amino-alcohol motifs (C(OH)–C–C–N with tert-alkyl or cyclic N) is 1. The molecule has 1 aliphatic rings. The molecular weight excluding hydrogens is 260 g/mol. The first kappa shape index (κ1) is 14.7. The van der Waals surface area contributed by atoms with E-state index in [1.807, 2.05) is 13.8 Å². The van der Waals surface area contributed by atoms with E-state index in [4.69, 9.17) is 4.74 Å². The molecule has 1 N–H and O–H groups in total. The normalized spacial score (nSPS) is 19.5. The van der Waals surface area contributed by atoms with Gasteiger partial charge in [-0.05, 0) is 26.3 Å². The van der Waals surface area contributed by atoms with Crippen molar-refractivity contribution in [1.82, 2.24) is 4.90 Å². The van der Waals surface area contributed by atoms with Crippen molar-refractivity contribution >= 4 is 5.69 Å². The minimum Gasteiger partial charge on any atom is -0.491 e. The van der Waals surface area contributed by atoms with Gasteiger partial charge in [0.05, 0.1) is 17.1 Å². The molecule has 1 atom stereocenters. The number of ether oxygens (including phenoxy) is 1. The highest BCUT2D eigenvalue weighted by atomic mass is 16.6. The monoisotopic (exact) mass is 280 g/mol. The molecule has 0 unspecified atom stereocenters. The molecule has 6 heteroatoms. The maximum Gasteiger partial charge on any atom is 0.270 e. The maximum absolute atomic E-state index is 10.9. The molecule has 2 rings (SSSR count). The molecule has 0 aromatic heterocycles. The lowest BCUT2D eigenvalue weighted by molar-refractivity contribution is -0.385. The molecule has 1 heterocycles. The molecule has 6 nitrogen and oxygen atoms in total. The maximum atomic E-state index is 10.9. The molecule has 1 aromatic rings. The molecule has 1 saturated heterocycles. The van der Waals surface area contributed by atoms with Crippen molar-refractivity contribution in [3.8, 4) is 5.75 Å². The van der Waals surface area contributed by atoms with Crippen molar-refractivity contribution in [2.24, 2.45) is 0 Å². The standard InChI is InChI=1S/C14H20N2O4/c1-10(2)20-14-4-3-12(16(18)19)7-11(14)8-15-6-5-13(17)9-15/h3-4,7,10,13,17H,5-6,8-9H2,1-2H3/t13-/m0/s1. The van der Waals surface area contributed by atoms with Crippen LogP contribution in [-0.4, -0.2) is 40.2 Å². The van der Waals surface area contributed by atoms with Crippen LogP contribution < -0.4 is 4.74 Å². The Hall–Kier alpha value is -1.66. The SMILES string of the molecule is CC(C)Oc1ccc([N+](=O)[O-])cc1CN1CC[C@H](O)C1. The van der Waals surface area contributed by atoms with E-state index in [1.54, 1.807) is 12.1 Å². The number of hydrogen-bond donors (Lipinski definition) is 1. The van der Waals surface area contributed by atoms with Crippen LogP contribution in [0.15, 0.2) is 18.2 Å². The van der Waals surface area contributed by atoms with Gasteiger partial charge in [0.2, 0.25) is 0 Å². The van der Waals surface area contributed by atoms with Gasteiger partial charge in [-0.2, -0.15) is 0 Å². The minimum atomic E-state index is -0.401.